The molecule has 4 nitrogen and oxygen atoms in total. The van der Waals surface area contributed by atoms with Crippen molar-refractivity contribution in [2.75, 3.05) is 6.61 Å². The average molecular weight is 241 g/mol. The van der Waals surface area contributed by atoms with Crippen LogP contribution in [0, 0.1) is 0 Å². The number of alkyl carbamates (subject to hydrolysis) is 1. The number of carbonyl (C=O) groups is 1. The second-order valence-corrected chi connectivity index (χ2v) is 3.85. The summed E-state index contributed by atoms with van der Waals surface area (Å²) in [4.78, 5) is 10.9. The number of hydrogen-bond acceptors (Lipinski definition) is 3. The van der Waals surface area contributed by atoms with Crippen molar-refractivity contribution in [2.45, 2.75) is 44.0 Å². The van der Waals surface area contributed by atoms with E-state index in [0.717, 1.165) is 6.42 Å². The molecule has 0 aromatic heterocycles. The number of aliphatic hydroxyl groups excluding tert-OH is 1. The van der Waals surface area contributed by atoms with Gasteiger partial charge in [0.2, 0.25) is 0 Å². The standard InChI is InChI=1S/C9H14F3NO3/c10-9(11,12)5-16-8(15)13-6-2-1-3-7(14)4-6/h6-7,14H,1-5H2,(H,13,15). The van der Waals surface area contributed by atoms with Crippen LogP contribution in [0.3, 0.4) is 0 Å². The van der Waals surface area contributed by atoms with Crippen molar-refractivity contribution in [3.8, 4) is 0 Å². The van der Waals surface area contributed by atoms with Gasteiger partial charge < -0.3 is 15.2 Å². The summed E-state index contributed by atoms with van der Waals surface area (Å²) in [5.41, 5.74) is 0. The lowest BCUT2D eigenvalue weighted by Crippen LogP contribution is -2.41. The quantitative estimate of drug-likeness (QED) is 0.771. The van der Waals surface area contributed by atoms with E-state index in [1.165, 1.54) is 0 Å². The molecule has 1 aliphatic carbocycles. The van der Waals surface area contributed by atoms with Crippen molar-refractivity contribution in [2.24, 2.45) is 0 Å². The molecule has 0 spiro atoms. The van der Waals surface area contributed by atoms with E-state index >= 15 is 0 Å². The fourth-order valence-corrected chi connectivity index (χ4v) is 1.65. The molecule has 1 saturated carbocycles. The van der Waals surface area contributed by atoms with Crippen molar-refractivity contribution in [3.63, 3.8) is 0 Å². The molecule has 0 bridgehead atoms. The Bertz CT molecular complexity index is 245. The van der Waals surface area contributed by atoms with E-state index in [4.69, 9.17) is 0 Å². The normalized spacial score (nSPS) is 26.2. The van der Waals surface area contributed by atoms with Gasteiger partial charge in [-0.3, -0.25) is 0 Å². The minimum Gasteiger partial charge on any atom is -0.440 e. The molecule has 16 heavy (non-hydrogen) atoms. The minimum atomic E-state index is -4.51. The summed E-state index contributed by atoms with van der Waals surface area (Å²) in [7, 11) is 0. The molecule has 7 heteroatoms. The van der Waals surface area contributed by atoms with Crippen LogP contribution in [0.5, 0.6) is 0 Å². The third-order valence-corrected chi connectivity index (χ3v) is 2.34. The van der Waals surface area contributed by atoms with E-state index in [1.807, 2.05) is 0 Å². The maximum absolute atomic E-state index is 11.7. The number of halogens is 3. The van der Waals surface area contributed by atoms with Gasteiger partial charge in [-0.25, -0.2) is 4.79 Å². The fraction of sp³-hybridized carbons (Fsp3) is 0.889. The van der Waals surface area contributed by atoms with Gasteiger partial charge >= 0.3 is 12.3 Å². The highest BCUT2D eigenvalue weighted by molar-refractivity contribution is 5.67. The summed E-state index contributed by atoms with van der Waals surface area (Å²) in [6.07, 6.45) is -3.68. The predicted octanol–water partition coefficient (Wildman–Crippen LogP) is 1.58. The third-order valence-electron chi connectivity index (χ3n) is 2.34. The first kappa shape index (κ1) is 13.1. The Hall–Kier alpha value is -0.980. The van der Waals surface area contributed by atoms with Crippen LogP contribution in [0.4, 0.5) is 18.0 Å². The van der Waals surface area contributed by atoms with Crippen LogP contribution in [-0.4, -0.2) is 36.1 Å². The lowest BCUT2D eigenvalue weighted by Gasteiger charge is -2.26. The molecule has 0 radical (unpaired) electrons. The van der Waals surface area contributed by atoms with Crippen LogP contribution in [0.1, 0.15) is 25.7 Å². The molecule has 0 aromatic carbocycles. The van der Waals surface area contributed by atoms with E-state index < -0.39 is 25.0 Å². The first-order valence-electron chi connectivity index (χ1n) is 5.05. The van der Waals surface area contributed by atoms with Crippen molar-refractivity contribution in [1.82, 2.24) is 5.32 Å². The number of amides is 1. The van der Waals surface area contributed by atoms with Gasteiger partial charge in [0.1, 0.15) is 0 Å². The van der Waals surface area contributed by atoms with Crippen LogP contribution in [0.25, 0.3) is 0 Å². The van der Waals surface area contributed by atoms with Gasteiger partial charge in [-0.15, -0.1) is 0 Å². The summed E-state index contributed by atoms with van der Waals surface area (Å²) in [5.74, 6) is 0. The molecule has 2 N–H and O–H groups in total. The summed E-state index contributed by atoms with van der Waals surface area (Å²) < 4.78 is 39.1. The Morgan fingerprint density at radius 2 is 2.12 bits per heavy atom. The van der Waals surface area contributed by atoms with Crippen molar-refractivity contribution in [3.05, 3.63) is 0 Å². The fourth-order valence-electron chi connectivity index (χ4n) is 1.65. The van der Waals surface area contributed by atoms with E-state index in [1.54, 1.807) is 0 Å². The molecule has 1 amide bonds. The highest BCUT2D eigenvalue weighted by Crippen LogP contribution is 2.19. The topological polar surface area (TPSA) is 58.6 Å². The second-order valence-electron chi connectivity index (χ2n) is 3.85. The average Bonchev–Trinajstić information content (AvgIpc) is 2.14. The smallest absolute Gasteiger partial charge is 0.422 e. The Kier molecular flexibility index (Phi) is 4.40. The number of hydrogen-bond donors (Lipinski definition) is 2. The van der Waals surface area contributed by atoms with Crippen LogP contribution in [0.2, 0.25) is 0 Å². The second kappa shape index (κ2) is 5.38. The van der Waals surface area contributed by atoms with Crippen LogP contribution < -0.4 is 5.32 Å². The third kappa shape index (κ3) is 5.20. The Labute approximate surface area is 90.8 Å². The maximum atomic E-state index is 11.7. The molecule has 2 unspecified atom stereocenters. The number of rotatable bonds is 2. The molecular weight excluding hydrogens is 227 g/mol. The van der Waals surface area contributed by atoms with Gasteiger partial charge in [-0.2, -0.15) is 13.2 Å². The van der Waals surface area contributed by atoms with Gasteiger partial charge in [0.05, 0.1) is 6.10 Å². The van der Waals surface area contributed by atoms with Gasteiger partial charge in [-0.1, -0.05) is 0 Å². The molecule has 1 fully saturated rings. The Morgan fingerprint density at radius 3 is 2.69 bits per heavy atom. The zero-order valence-electron chi connectivity index (χ0n) is 8.59. The molecule has 94 valence electrons. The van der Waals surface area contributed by atoms with E-state index in [9.17, 15) is 23.1 Å². The largest absolute Gasteiger partial charge is 0.440 e. The van der Waals surface area contributed by atoms with Crippen LogP contribution >= 0.6 is 0 Å². The molecular formula is C9H14F3NO3. The molecule has 0 heterocycles. The lowest BCUT2D eigenvalue weighted by atomic mass is 9.93. The summed E-state index contributed by atoms with van der Waals surface area (Å²) in [5, 5.41) is 11.6. The predicted molar refractivity (Wildman–Crippen MR) is 48.8 cm³/mol. The molecule has 0 aromatic rings. The molecule has 1 rings (SSSR count). The number of aliphatic hydroxyl groups is 1. The van der Waals surface area contributed by atoms with Crippen molar-refractivity contribution >= 4 is 6.09 Å². The maximum Gasteiger partial charge on any atom is 0.422 e. The highest BCUT2D eigenvalue weighted by Gasteiger charge is 2.30. The van der Waals surface area contributed by atoms with Crippen LogP contribution in [0.15, 0.2) is 0 Å². The molecule has 2 atom stereocenters. The minimum absolute atomic E-state index is 0.301. The molecule has 1 aliphatic rings. The summed E-state index contributed by atoms with van der Waals surface area (Å²) >= 11 is 0. The number of nitrogens with one attached hydrogen (secondary N) is 1. The Morgan fingerprint density at radius 1 is 1.44 bits per heavy atom. The van der Waals surface area contributed by atoms with E-state index in [0.29, 0.717) is 19.3 Å². The summed E-state index contributed by atoms with van der Waals surface area (Å²) in [6, 6.07) is -0.301. The zero-order chi connectivity index (χ0) is 12.2. The summed E-state index contributed by atoms with van der Waals surface area (Å²) in [6.45, 7) is -1.59. The van der Waals surface area contributed by atoms with Gasteiger partial charge in [0.15, 0.2) is 6.61 Å². The number of carbonyl (C=O) groups excluding carboxylic acids is 1. The van der Waals surface area contributed by atoms with Gasteiger partial charge in [-0.05, 0) is 25.7 Å². The first-order valence-corrected chi connectivity index (χ1v) is 5.05. The number of alkyl halides is 3. The van der Waals surface area contributed by atoms with E-state index in [2.05, 4.69) is 10.1 Å². The zero-order valence-corrected chi connectivity index (χ0v) is 8.59. The van der Waals surface area contributed by atoms with E-state index in [-0.39, 0.29) is 6.04 Å². The highest BCUT2D eigenvalue weighted by atomic mass is 19.4. The molecule has 0 aliphatic heterocycles. The molecule has 0 saturated heterocycles. The van der Waals surface area contributed by atoms with Gasteiger partial charge in [0, 0.05) is 6.04 Å². The monoisotopic (exact) mass is 241 g/mol. The SMILES string of the molecule is O=C(NC1CCCC(O)C1)OCC(F)(F)F. The van der Waals surface area contributed by atoms with Crippen LogP contribution in [-0.2, 0) is 4.74 Å². The first-order chi connectivity index (χ1) is 7.37. The van der Waals surface area contributed by atoms with Crippen molar-refractivity contribution < 1.29 is 27.8 Å². The number of ether oxygens (including phenoxy) is 1. The van der Waals surface area contributed by atoms with Gasteiger partial charge in [0.25, 0.3) is 0 Å². The Balaban J connectivity index is 2.23. The van der Waals surface area contributed by atoms with Crippen molar-refractivity contribution in [1.29, 1.82) is 0 Å². The lowest BCUT2D eigenvalue weighted by molar-refractivity contribution is -0.160.